The van der Waals surface area contributed by atoms with Gasteiger partial charge in [-0.25, -0.2) is 0 Å². The molecule has 0 saturated heterocycles. The Hall–Kier alpha value is -2.24. The van der Waals surface area contributed by atoms with Crippen molar-refractivity contribution in [2.24, 2.45) is 5.41 Å². The van der Waals surface area contributed by atoms with Gasteiger partial charge in [0.2, 0.25) is 0 Å². The van der Waals surface area contributed by atoms with Gasteiger partial charge in [0.25, 0.3) is 5.91 Å². The smallest absolute Gasteiger partial charge is 0.309 e. The monoisotopic (exact) mass is 295 g/mol. The van der Waals surface area contributed by atoms with Crippen molar-refractivity contribution in [3.63, 3.8) is 0 Å². The highest BCUT2D eigenvalue weighted by Gasteiger charge is 2.26. The third-order valence-electron chi connectivity index (χ3n) is 3.08. The number of hydrogen-bond acceptors (Lipinski definition) is 4. The molecule has 0 atom stereocenters. The number of hydrogen-bond donors (Lipinski definition) is 2. The van der Waals surface area contributed by atoms with Crippen LogP contribution < -0.4 is 14.8 Å². The van der Waals surface area contributed by atoms with Crippen LogP contribution in [0.4, 0.5) is 0 Å². The van der Waals surface area contributed by atoms with Gasteiger partial charge in [-0.15, -0.1) is 0 Å². The lowest BCUT2D eigenvalue weighted by Gasteiger charge is -2.19. The number of methoxy groups -OCH3 is 1. The molecule has 1 rings (SSSR count). The molecule has 0 aliphatic carbocycles. The molecule has 6 heteroatoms. The Kier molecular flexibility index (Phi) is 6.02. The Morgan fingerprint density at radius 1 is 1.24 bits per heavy atom. The minimum absolute atomic E-state index is 0.145. The average Bonchev–Trinajstić information content (AvgIpc) is 2.45. The number of aliphatic carboxylic acids is 1. The SMILES string of the molecule is COc1ccccc1OCC(=O)NCCC(C)(C)C(=O)O. The number of amides is 1. The van der Waals surface area contributed by atoms with Crippen LogP contribution in [-0.4, -0.2) is 37.2 Å². The van der Waals surface area contributed by atoms with Crippen molar-refractivity contribution in [3.05, 3.63) is 24.3 Å². The van der Waals surface area contributed by atoms with Crippen LogP contribution in [0.15, 0.2) is 24.3 Å². The van der Waals surface area contributed by atoms with Crippen LogP contribution in [0.5, 0.6) is 11.5 Å². The zero-order valence-electron chi connectivity index (χ0n) is 12.5. The highest BCUT2D eigenvalue weighted by atomic mass is 16.5. The molecule has 0 aromatic heterocycles. The topological polar surface area (TPSA) is 84.9 Å². The van der Waals surface area contributed by atoms with Gasteiger partial charge >= 0.3 is 5.97 Å². The van der Waals surface area contributed by atoms with Gasteiger partial charge in [-0.1, -0.05) is 12.1 Å². The van der Waals surface area contributed by atoms with E-state index in [0.29, 0.717) is 17.9 Å². The molecular formula is C15H21NO5. The zero-order chi connectivity index (χ0) is 15.9. The van der Waals surface area contributed by atoms with Gasteiger partial charge in [0.05, 0.1) is 12.5 Å². The summed E-state index contributed by atoms with van der Waals surface area (Å²) in [4.78, 5) is 22.6. The molecule has 0 aliphatic rings. The van der Waals surface area contributed by atoms with Crippen molar-refractivity contribution < 1.29 is 24.2 Å². The predicted molar refractivity (Wildman–Crippen MR) is 77.5 cm³/mol. The fraction of sp³-hybridized carbons (Fsp3) is 0.467. The van der Waals surface area contributed by atoms with E-state index in [1.807, 2.05) is 0 Å². The van der Waals surface area contributed by atoms with E-state index in [1.54, 1.807) is 38.1 Å². The second-order valence-electron chi connectivity index (χ2n) is 5.23. The Morgan fingerprint density at radius 3 is 2.43 bits per heavy atom. The molecule has 1 aromatic rings. The van der Waals surface area contributed by atoms with Gasteiger partial charge in [0.15, 0.2) is 18.1 Å². The van der Waals surface area contributed by atoms with E-state index in [0.717, 1.165) is 0 Å². The average molecular weight is 295 g/mol. The minimum atomic E-state index is -0.887. The van der Waals surface area contributed by atoms with Gasteiger partial charge < -0.3 is 19.9 Å². The van der Waals surface area contributed by atoms with E-state index in [-0.39, 0.29) is 19.1 Å². The molecule has 1 amide bonds. The fourth-order valence-electron chi connectivity index (χ4n) is 1.55. The fourth-order valence-corrected chi connectivity index (χ4v) is 1.55. The third kappa shape index (κ3) is 5.33. The first-order valence-corrected chi connectivity index (χ1v) is 6.63. The molecule has 1 aromatic carbocycles. The number of benzene rings is 1. The van der Waals surface area contributed by atoms with Crippen molar-refractivity contribution in [2.45, 2.75) is 20.3 Å². The quantitative estimate of drug-likeness (QED) is 0.762. The molecule has 0 fully saturated rings. The summed E-state index contributed by atoms with van der Waals surface area (Å²) in [6, 6.07) is 7.03. The lowest BCUT2D eigenvalue weighted by Crippen LogP contribution is -2.34. The minimum Gasteiger partial charge on any atom is -0.493 e. The van der Waals surface area contributed by atoms with Crippen LogP contribution in [0.3, 0.4) is 0 Å². The molecule has 0 saturated carbocycles. The number of carbonyl (C=O) groups is 2. The molecule has 0 heterocycles. The molecule has 116 valence electrons. The largest absolute Gasteiger partial charge is 0.493 e. The highest BCUT2D eigenvalue weighted by Crippen LogP contribution is 2.25. The second kappa shape index (κ2) is 7.52. The van der Waals surface area contributed by atoms with E-state index < -0.39 is 11.4 Å². The highest BCUT2D eigenvalue weighted by molar-refractivity contribution is 5.78. The molecule has 6 nitrogen and oxygen atoms in total. The molecule has 2 N–H and O–H groups in total. The van der Waals surface area contributed by atoms with E-state index >= 15 is 0 Å². The molecule has 0 aliphatic heterocycles. The number of carbonyl (C=O) groups excluding carboxylic acids is 1. The Labute approximate surface area is 124 Å². The van der Waals surface area contributed by atoms with Crippen molar-refractivity contribution in [1.82, 2.24) is 5.32 Å². The maximum atomic E-state index is 11.6. The van der Waals surface area contributed by atoms with Crippen LogP contribution in [0.25, 0.3) is 0 Å². The van der Waals surface area contributed by atoms with Crippen LogP contribution in [0, 0.1) is 5.41 Å². The number of carboxylic acids is 1. The summed E-state index contributed by atoms with van der Waals surface area (Å²) in [5.74, 6) is -0.151. The van der Waals surface area contributed by atoms with Crippen molar-refractivity contribution in [3.8, 4) is 11.5 Å². The Balaban J connectivity index is 2.36. The van der Waals surface area contributed by atoms with Crippen LogP contribution >= 0.6 is 0 Å². The van der Waals surface area contributed by atoms with Crippen LogP contribution in [0.1, 0.15) is 20.3 Å². The Bertz CT molecular complexity index is 499. The molecule has 0 radical (unpaired) electrons. The summed E-state index contributed by atoms with van der Waals surface area (Å²) >= 11 is 0. The number of para-hydroxylation sites is 2. The van der Waals surface area contributed by atoms with E-state index in [1.165, 1.54) is 7.11 Å². The van der Waals surface area contributed by atoms with Gasteiger partial charge in [-0.3, -0.25) is 9.59 Å². The molecular weight excluding hydrogens is 274 g/mol. The maximum Gasteiger partial charge on any atom is 0.309 e. The number of nitrogens with one attached hydrogen (secondary N) is 1. The maximum absolute atomic E-state index is 11.6. The zero-order valence-corrected chi connectivity index (χ0v) is 12.5. The summed E-state index contributed by atoms with van der Waals surface area (Å²) in [6.45, 7) is 3.38. The van der Waals surface area contributed by atoms with Gasteiger partial charge in [-0.2, -0.15) is 0 Å². The van der Waals surface area contributed by atoms with Crippen molar-refractivity contribution in [2.75, 3.05) is 20.3 Å². The molecule has 0 spiro atoms. The summed E-state index contributed by atoms with van der Waals surface area (Å²) in [7, 11) is 1.52. The van der Waals surface area contributed by atoms with Crippen molar-refractivity contribution >= 4 is 11.9 Å². The third-order valence-corrected chi connectivity index (χ3v) is 3.08. The first kappa shape index (κ1) is 16.8. The lowest BCUT2D eigenvalue weighted by atomic mass is 9.90. The summed E-state index contributed by atoms with van der Waals surface area (Å²) in [6.07, 6.45) is 0.350. The standard InChI is InChI=1S/C15H21NO5/c1-15(2,14(18)19)8-9-16-13(17)10-21-12-7-5-4-6-11(12)20-3/h4-7H,8-10H2,1-3H3,(H,16,17)(H,18,19). The number of carboxylic acid groups (broad SMARTS) is 1. The van der Waals surface area contributed by atoms with Gasteiger partial charge in [0.1, 0.15) is 0 Å². The Morgan fingerprint density at radius 2 is 1.86 bits per heavy atom. The molecule has 21 heavy (non-hydrogen) atoms. The molecule has 0 bridgehead atoms. The lowest BCUT2D eigenvalue weighted by molar-refractivity contribution is -0.147. The van der Waals surface area contributed by atoms with E-state index in [2.05, 4.69) is 5.32 Å². The number of rotatable bonds is 8. The van der Waals surface area contributed by atoms with Crippen LogP contribution in [-0.2, 0) is 9.59 Å². The summed E-state index contributed by atoms with van der Waals surface area (Å²) < 4.78 is 10.5. The molecule has 0 unspecified atom stereocenters. The van der Waals surface area contributed by atoms with E-state index in [4.69, 9.17) is 14.6 Å². The first-order valence-electron chi connectivity index (χ1n) is 6.63. The van der Waals surface area contributed by atoms with E-state index in [9.17, 15) is 9.59 Å². The first-order chi connectivity index (χ1) is 9.86. The number of ether oxygens (including phenoxy) is 2. The summed E-state index contributed by atoms with van der Waals surface area (Å²) in [5.41, 5.74) is -0.864. The second-order valence-corrected chi connectivity index (χ2v) is 5.23. The van der Waals surface area contributed by atoms with Crippen molar-refractivity contribution in [1.29, 1.82) is 0 Å². The van der Waals surface area contributed by atoms with Gasteiger partial charge in [0, 0.05) is 6.54 Å². The predicted octanol–water partition coefficient (Wildman–Crippen LogP) is 1.69. The summed E-state index contributed by atoms with van der Waals surface area (Å²) in [5, 5.41) is 11.6. The van der Waals surface area contributed by atoms with Gasteiger partial charge in [-0.05, 0) is 32.4 Å². The normalized spacial score (nSPS) is 10.8. The van der Waals surface area contributed by atoms with Crippen LogP contribution in [0.2, 0.25) is 0 Å².